The Kier molecular flexibility index (Phi) is 3.27. The maximum Gasteiger partial charge on any atom is 0.236 e. The van der Waals surface area contributed by atoms with Crippen molar-refractivity contribution in [3.05, 3.63) is 47.7 Å². The van der Waals surface area contributed by atoms with E-state index in [9.17, 15) is 0 Å². The molecule has 0 spiro atoms. The molecule has 1 atom stereocenters. The van der Waals surface area contributed by atoms with Crippen LogP contribution in [0, 0.1) is 6.92 Å². The van der Waals surface area contributed by atoms with Gasteiger partial charge in [0, 0.05) is 17.3 Å². The van der Waals surface area contributed by atoms with Crippen LogP contribution in [-0.2, 0) is 0 Å². The average molecular weight is 310 g/mol. The van der Waals surface area contributed by atoms with Crippen LogP contribution < -0.4 is 0 Å². The standard InChI is InChI=1S/C18H22N4O/c1-12-20-17(23-21-12)16(18(22(2)3)8-4-9-18)14-5-6-15-13(11-14)7-10-19-15/h5-7,10-11,16,19H,4,8-9H2,1-3H3. The Balaban J connectivity index is 1.87. The van der Waals surface area contributed by atoms with Gasteiger partial charge >= 0.3 is 0 Å². The van der Waals surface area contributed by atoms with E-state index in [0.717, 1.165) is 24.2 Å². The normalized spacial score (nSPS) is 18.3. The zero-order valence-corrected chi connectivity index (χ0v) is 13.8. The van der Waals surface area contributed by atoms with Crippen LogP contribution in [0.2, 0.25) is 0 Å². The molecule has 5 heteroatoms. The molecule has 1 unspecified atom stereocenters. The zero-order valence-electron chi connectivity index (χ0n) is 13.8. The molecule has 1 N–H and O–H groups in total. The number of fused-ring (bicyclic) bond motifs is 1. The van der Waals surface area contributed by atoms with Crippen LogP contribution in [0.1, 0.15) is 42.5 Å². The third-order valence-corrected chi connectivity index (χ3v) is 5.35. The molecule has 23 heavy (non-hydrogen) atoms. The summed E-state index contributed by atoms with van der Waals surface area (Å²) >= 11 is 0. The lowest BCUT2D eigenvalue weighted by atomic mass is 9.64. The maximum absolute atomic E-state index is 5.61. The van der Waals surface area contributed by atoms with E-state index in [1.807, 2.05) is 13.1 Å². The topological polar surface area (TPSA) is 58.0 Å². The summed E-state index contributed by atoms with van der Waals surface area (Å²) in [5.74, 6) is 1.53. The Hall–Kier alpha value is -2.14. The van der Waals surface area contributed by atoms with Gasteiger partial charge in [0.1, 0.15) is 0 Å². The Bertz CT molecular complexity index is 828. The van der Waals surface area contributed by atoms with Gasteiger partial charge in [-0.25, -0.2) is 0 Å². The molecule has 3 aromatic rings. The van der Waals surface area contributed by atoms with Gasteiger partial charge in [0.15, 0.2) is 5.82 Å². The van der Waals surface area contributed by atoms with Crippen LogP contribution in [0.5, 0.6) is 0 Å². The Morgan fingerprint density at radius 2 is 2.09 bits per heavy atom. The molecule has 120 valence electrons. The Morgan fingerprint density at radius 3 is 2.70 bits per heavy atom. The first-order valence-electron chi connectivity index (χ1n) is 8.15. The summed E-state index contributed by atoms with van der Waals surface area (Å²) in [6, 6.07) is 8.69. The largest absolute Gasteiger partial charge is 0.361 e. The molecule has 1 fully saturated rings. The van der Waals surface area contributed by atoms with Crippen molar-refractivity contribution in [2.45, 2.75) is 37.6 Å². The molecule has 5 nitrogen and oxygen atoms in total. The predicted molar refractivity (Wildman–Crippen MR) is 89.4 cm³/mol. The highest BCUT2D eigenvalue weighted by Crippen LogP contribution is 2.49. The van der Waals surface area contributed by atoms with Crippen molar-refractivity contribution in [3.8, 4) is 0 Å². The van der Waals surface area contributed by atoms with E-state index >= 15 is 0 Å². The van der Waals surface area contributed by atoms with Crippen molar-refractivity contribution in [1.29, 1.82) is 0 Å². The second-order valence-electron chi connectivity index (χ2n) is 6.79. The van der Waals surface area contributed by atoms with Gasteiger partial charge in [-0.3, -0.25) is 0 Å². The molecular weight excluding hydrogens is 288 g/mol. The fourth-order valence-electron chi connectivity index (χ4n) is 3.90. The van der Waals surface area contributed by atoms with Crippen molar-refractivity contribution >= 4 is 10.9 Å². The van der Waals surface area contributed by atoms with E-state index in [1.54, 1.807) is 0 Å². The quantitative estimate of drug-likeness (QED) is 0.801. The van der Waals surface area contributed by atoms with E-state index in [-0.39, 0.29) is 11.5 Å². The van der Waals surface area contributed by atoms with Crippen LogP contribution >= 0.6 is 0 Å². The van der Waals surface area contributed by atoms with E-state index < -0.39 is 0 Å². The van der Waals surface area contributed by atoms with E-state index in [1.165, 1.54) is 17.4 Å². The van der Waals surface area contributed by atoms with Crippen LogP contribution in [0.4, 0.5) is 0 Å². The number of hydrogen-bond donors (Lipinski definition) is 1. The number of aromatic amines is 1. The molecule has 1 aliphatic carbocycles. The first-order chi connectivity index (χ1) is 11.1. The highest BCUT2D eigenvalue weighted by Gasteiger charge is 2.49. The molecule has 1 aromatic carbocycles. The smallest absolute Gasteiger partial charge is 0.236 e. The van der Waals surface area contributed by atoms with Gasteiger partial charge in [0.05, 0.1) is 5.92 Å². The predicted octanol–water partition coefficient (Wildman–Crippen LogP) is 3.48. The van der Waals surface area contributed by atoms with Gasteiger partial charge in [-0.2, -0.15) is 4.98 Å². The van der Waals surface area contributed by atoms with Crippen LogP contribution in [0.25, 0.3) is 10.9 Å². The summed E-state index contributed by atoms with van der Waals surface area (Å²) in [4.78, 5) is 10.2. The van der Waals surface area contributed by atoms with Crippen LogP contribution in [0.15, 0.2) is 35.0 Å². The zero-order chi connectivity index (χ0) is 16.0. The molecule has 2 aromatic heterocycles. The lowest BCUT2D eigenvalue weighted by molar-refractivity contribution is 0.0338. The SMILES string of the molecule is Cc1noc(C(c2ccc3[nH]ccc3c2)C2(N(C)C)CCC2)n1. The van der Waals surface area contributed by atoms with Crippen LogP contribution in [-0.4, -0.2) is 39.7 Å². The average Bonchev–Trinajstić information content (AvgIpc) is 3.09. The maximum atomic E-state index is 5.61. The number of H-pyrrole nitrogens is 1. The first-order valence-corrected chi connectivity index (χ1v) is 8.15. The molecule has 0 amide bonds. The molecule has 1 saturated carbocycles. The van der Waals surface area contributed by atoms with Crippen molar-refractivity contribution in [2.24, 2.45) is 0 Å². The summed E-state index contributed by atoms with van der Waals surface area (Å²) in [7, 11) is 4.31. The van der Waals surface area contributed by atoms with Gasteiger partial charge in [-0.05, 0) is 69.4 Å². The second kappa shape index (κ2) is 5.20. The first kappa shape index (κ1) is 14.5. The second-order valence-corrected chi connectivity index (χ2v) is 6.79. The number of benzene rings is 1. The summed E-state index contributed by atoms with van der Waals surface area (Å²) in [5.41, 5.74) is 2.46. The van der Waals surface area contributed by atoms with Crippen molar-refractivity contribution in [2.75, 3.05) is 14.1 Å². The van der Waals surface area contributed by atoms with Gasteiger partial charge in [0.2, 0.25) is 5.89 Å². The summed E-state index contributed by atoms with van der Waals surface area (Å²) in [6.45, 7) is 1.88. The number of nitrogens with one attached hydrogen (secondary N) is 1. The highest BCUT2D eigenvalue weighted by molar-refractivity contribution is 5.80. The molecule has 0 saturated heterocycles. The molecule has 2 heterocycles. The number of likely N-dealkylation sites (N-methyl/N-ethyl adjacent to an activating group) is 1. The molecule has 0 radical (unpaired) electrons. The van der Waals surface area contributed by atoms with E-state index in [0.29, 0.717) is 5.82 Å². The van der Waals surface area contributed by atoms with Gasteiger partial charge in [-0.1, -0.05) is 11.2 Å². The summed E-state index contributed by atoms with van der Waals surface area (Å²) in [5, 5.41) is 5.26. The third-order valence-electron chi connectivity index (χ3n) is 5.35. The lowest BCUT2D eigenvalue weighted by Crippen LogP contribution is -2.54. The number of nitrogens with zero attached hydrogens (tertiary/aromatic N) is 3. The highest BCUT2D eigenvalue weighted by atomic mass is 16.5. The lowest BCUT2D eigenvalue weighted by Gasteiger charge is -2.51. The van der Waals surface area contributed by atoms with E-state index in [2.05, 4.69) is 58.4 Å². The number of hydrogen-bond acceptors (Lipinski definition) is 4. The van der Waals surface area contributed by atoms with E-state index in [4.69, 9.17) is 4.52 Å². The fraction of sp³-hybridized carbons (Fsp3) is 0.444. The van der Waals surface area contributed by atoms with Gasteiger partial charge in [0.25, 0.3) is 0 Å². The van der Waals surface area contributed by atoms with Gasteiger partial charge in [-0.15, -0.1) is 0 Å². The molecule has 4 rings (SSSR count). The molecular formula is C18H22N4O. The minimum absolute atomic E-state index is 0.0585. The third kappa shape index (κ3) is 2.18. The molecule has 0 bridgehead atoms. The monoisotopic (exact) mass is 310 g/mol. The Labute approximate surface area is 135 Å². The molecule has 0 aliphatic heterocycles. The van der Waals surface area contributed by atoms with Crippen molar-refractivity contribution in [1.82, 2.24) is 20.0 Å². The van der Waals surface area contributed by atoms with Crippen molar-refractivity contribution < 1.29 is 4.52 Å². The fourth-order valence-corrected chi connectivity index (χ4v) is 3.90. The minimum atomic E-state index is 0.0585. The summed E-state index contributed by atoms with van der Waals surface area (Å²) in [6.07, 6.45) is 5.52. The van der Waals surface area contributed by atoms with Crippen molar-refractivity contribution in [3.63, 3.8) is 0 Å². The van der Waals surface area contributed by atoms with Gasteiger partial charge < -0.3 is 14.4 Å². The van der Waals surface area contributed by atoms with Crippen LogP contribution in [0.3, 0.4) is 0 Å². The summed E-state index contributed by atoms with van der Waals surface area (Å²) < 4.78 is 5.61. The number of aromatic nitrogens is 3. The molecule has 1 aliphatic rings. The number of rotatable bonds is 4. The Morgan fingerprint density at radius 1 is 1.26 bits per heavy atom. The minimum Gasteiger partial charge on any atom is -0.361 e. The number of aryl methyl sites for hydroxylation is 1.